The monoisotopic (exact) mass is 410 g/mol. The van der Waals surface area contributed by atoms with Crippen LogP contribution in [0.3, 0.4) is 0 Å². The topological polar surface area (TPSA) is 40.6 Å². The van der Waals surface area contributed by atoms with Crippen LogP contribution in [0.25, 0.3) is 0 Å². The number of fused-ring (bicyclic) bond motifs is 3. The van der Waals surface area contributed by atoms with E-state index in [1.54, 1.807) is 6.07 Å². The molecular formula is C20H21F3N2O2S. The number of hydrogen-bond donors (Lipinski definition) is 0. The summed E-state index contributed by atoms with van der Waals surface area (Å²) in [5.74, 6) is 0.00854. The molecular weight excluding hydrogens is 389 g/mol. The van der Waals surface area contributed by atoms with Crippen molar-refractivity contribution in [2.45, 2.75) is 36.4 Å². The van der Waals surface area contributed by atoms with E-state index in [0.717, 1.165) is 42.4 Å². The lowest BCUT2D eigenvalue weighted by atomic mass is 9.89. The molecule has 2 atom stereocenters. The third-order valence-corrected chi connectivity index (χ3v) is 7.45. The second-order valence-electron chi connectivity index (χ2n) is 7.61. The van der Waals surface area contributed by atoms with Gasteiger partial charge in [-0.05, 0) is 56.8 Å². The second-order valence-corrected chi connectivity index (χ2v) is 9.43. The number of anilines is 1. The van der Waals surface area contributed by atoms with E-state index in [-0.39, 0.29) is 16.9 Å². The van der Waals surface area contributed by atoms with Gasteiger partial charge in [0.1, 0.15) is 0 Å². The number of rotatable bonds is 2. The second kappa shape index (κ2) is 6.49. The summed E-state index contributed by atoms with van der Waals surface area (Å²) in [6.07, 6.45) is -3.96. The van der Waals surface area contributed by atoms with E-state index in [2.05, 4.69) is 4.90 Å². The average molecular weight is 410 g/mol. The lowest BCUT2D eigenvalue weighted by Crippen LogP contribution is -2.47. The number of hydrogen-bond acceptors (Lipinski definition) is 3. The van der Waals surface area contributed by atoms with E-state index in [9.17, 15) is 21.6 Å². The highest BCUT2D eigenvalue weighted by Crippen LogP contribution is 2.47. The van der Waals surface area contributed by atoms with Crippen molar-refractivity contribution >= 4 is 15.7 Å². The molecule has 4 nitrogen and oxygen atoms in total. The minimum atomic E-state index is -4.60. The average Bonchev–Trinajstić information content (AvgIpc) is 2.95. The van der Waals surface area contributed by atoms with Crippen molar-refractivity contribution in [2.24, 2.45) is 0 Å². The summed E-state index contributed by atoms with van der Waals surface area (Å²) in [6, 6.07) is 9.32. The van der Waals surface area contributed by atoms with Crippen molar-refractivity contribution in [1.82, 2.24) is 4.90 Å². The predicted octanol–water partition coefficient (Wildman–Crippen LogP) is 4.01. The van der Waals surface area contributed by atoms with Crippen molar-refractivity contribution in [3.05, 3.63) is 59.2 Å². The van der Waals surface area contributed by atoms with Gasteiger partial charge in [0, 0.05) is 12.5 Å². The van der Waals surface area contributed by atoms with Gasteiger partial charge in [0.2, 0.25) is 0 Å². The van der Waals surface area contributed by atoms with Crippen molar-refractivity contribution in [2.75, 3.05) is 24.4 Å². The summed E-state index contributed by atoms with van der Waals surface area (Å²) >= 11 is 0. The van der Waals surface area contributed by atoms with Gasteiger partial charge in [0.25, 0.3) is 10.0 Å². The molecule has 2 heterocycles. The summed E-state index contributed by atoms with van der Waals surface area (Å²) in [6.45, 7) is 3.41. The molecule has 0 saturated carbocycles. The summed E-state index contributed by atoms with van der Waals surface area (Å²) in [4.78, 5) is 1.83. The number of sulfonamides is 1. The minimum Gasteiger partial charge on any atom is -0.306 e. The number of halogens is 3. The predicted molar refractivity (Wildman–Crippen MR) is 101 cm³/mol. The van der Waals surface area contributed by atoms with Crippen LogP contribution in [0.1, 0.15) is 29.0 Å². The SMILES string of the molecule is Cc1ccc2c(c1)[C@@H]1CN(C)CC[C@H]1N2S(=O)(=O)c1cccc(C(F)(F)F)c1. The van der Waals surface area contributed by atoms with E-state index in [4.69, 9.17) is 0 Å². The molecule has 2 aromatic carbocycles. The molecule has 0 unspecified atom stereocenters. The van der Waals surface area contributed by atoms with Crippen LogP contribution < -0.4 is 4.31 Å². The van der Waals surface area contributed by atoms with Crippen LogP contribution in [0.5, 0.6) is 0 Å². The Labute approximate surface area is 162 Å². The zero-order valence-electron chi connectivity index (χ0n) is 15.6. The van der Waals surface area contributed by atoms with Crippen molar-refractivity contribution in [3.8, 4) is 0 Å². The lowest BCUT2D eigenvalue weighted by molar-refractivity contribution is -0.137. The largest absolute Gasteiger partial charge is 0.416 e. The number of nitrogens with zero attached hydrogens (tertiary/aromatic N) is 2. The highest BCUT2D eigenvalue weighted by atomic mass is 32.2. The van der Waals surface area contributed by atoms with Gasteiger partial charge in [0.05, 0.1) is 22.2 Å². The smallest absolute Gasteiger partial charge is 0.306 e. The van der Waals surface area contributed by atoms with Crippen molar-refractivity contribution in [1.29, 1.82) is 0 Å². The molecule has 0 spiro atoms. The molecule has 1 saturated heterocycles. The summed E-state index contributed by atoms with van der Waals surface area (Å²) in [5, 5.41) is 0. The van der Waals surface area contributed by atoms with Crippen LogP contribution in [0.15, 0.2) is 47.4 Å². The van der Waals surface area contributed by atoms with Gasteiger partial charge in [-0.15, -0.1) is 0 Å². The van der Waals surface area contributed by atoms with Gasteiger partial charge < -0.3 is 4.90 Å². The first kappa shape index (κ1) is 19.3. The fraction of sp³-hybridized carbons (Fsp3) is 0.400. The van der Waals surface area contributed by atoms with Gasteiger partial charge in [0.15, 0.2) is 0 Å². The quantitative estimate of drug-likeness (QED) is 0.751. The molecule has 0 N–H and O–H groups in total. The normalized spacial score (nSPS) is 22.8. The molecule has 28 heavy (non-hydrogen) atoms. The maximum absolute atomic E-state index is 13.4. The standard InChI is InChI=1S/C20H21F3N2O2S/c1-13-6-7-18-16(10-13)17-12-24(2)9-8-19(17)25(18)28(26,27)15-5-3-4-14(11-15)20(21,22)23/h3-7,10-11,17,19H,8-9,12H2,1-2H3/t17-,19+/m0/s1. The van der Waals surface area contributed by atoms with Crippen LogP contribution in [0, 0.1) is 6.92 Å². The highest BCUT2D eigenvalue weighted by molar-refractivity contribution is 7.92. The van der Waals surface area contributed by atoms with Gasteiger partial charge in [-0.25, -0.2) is 8.42 Å². The molecule has 0 radical (unpaired) electrons. The van der Waals surface area contributed by atoms with Gasteiger partial charge in [-0.3, -0.25) is 4.31 Å². The number of likely N-dealkylation sites (N-methyl/N-ethyl adjacent to an activating group) is 1. The summed E-state index contributed by atoms with van der Waals surface area (Å²) in [7, 11) is -2.13. The van der Waals surface area contributed by atoms with E-state index in [0.29, 0.717) is 12.1 Å². The Hall–Kier alpha value is -2.06. The molecule has 2 aliphatic heterocycles. The first-order chi connectivity index (χ1) is 13.1. The van der Waals surface area contributed by atoms with Crippen LogP contribution in [0.2, 0.25) is 0 Å². The van der Waals surface area contributed by atoms with Crippen molar-refractivity contribution < 1.29 is 21.6 Å². The summed E-state index contributed by atoms with van der Waals surface area (Å²) < 4.78 is 67.6. The van der Waals surface area contributed by atoms with E-state index in [1.807, 2.05) is 26.1 Å². The number of piperidine rings is 1. The molecule has 150 valence electrons. The molecule has 4 rings (SSSR count). The van der Waals surface area contributed by atoms with E-state index >= 15 is 0 Å². The number of likely N-dealkylation sites (tertiary alicyclic amines) is 1. The Kier molecular flexibility index (Phi) is 4.46. The summed E-state index contributed by atoms with van der Waals surface area (Å²) in [5.41, 5.74) is 1.60. The first-order valence-corrected chi connectivity index (χ1v) is 10.5. The Bertz CT molecular complexity index is 1020. The van der Waals surface area contributed by atoms with Crippen LogP contribution in [-0.2, 0) is 16.2 Å². The molecule has 8 heteroatoms. The number of benzene rings is 2. The first-order valence-electron chi connectivity index (χ1n) is 9.10. The number of aryl methyl sites for hydroxylation is 1. The molecule has 2 aromatic rings. The van der Waals surface area contributed by atoms with E-state index < -0.39 is 21.8 Å². The number of alkyl halides is 3. The van der Waals surface area contributed by atoms with Crippen LogP contribution >= 0.6 is 0 Å². The molecule has 2 aliphatic rings. The van der Waals surface area contributed by atoms with Gasteiger partial charge in [-0.1, -0.05) is 23.8 Å². The molecule has 0 aromatic heterocycles. The minimum absolute atomic E-state index is 0.00854. The third-order valence-electron chi connectivity index (χ3n) is 5.62. The zero-order chi connectivity index (χ0) is 20.3. The fourth-order valence-corrected chi connectivity index (χ4v) is 6.08. The van der Waals surface area contributed by atoms with Crippen LogP contribution in [0.4, 0.5) is 18.9 Å². The Morgan fingerprint density at radius 1 is 1.11 bits per heavy atom. The fourth-order valence-electron chi connectivity index (χ4n) is 4.29. The highest BCUT2D eigenvalue weighted by Gasteiger charge is 2.47. The molecule has 0 amide bonds. The Morgan fingerprint density at radius 3 is 2.57 bits per heavy atom. The molecule has 0 aliphatic carbocycles. The Balaban J connectivity index is 1.84. The maximum Gasteiger partial charge on any atom is 0.416 e. The zero-order valence-corrected chi connectivity index (χ0v) is 16.4. The van der Waals surface area contributed by atoms with Crippen LogP contribution in [-0.4, -0.2) is 39.5 Å². The lowest BCUT2D eigenvalue weighted by Gasteiger charge is -2.36. The van der Waals surface area contributed by atoms with Gasteiger partial charge in [-0.2, -0.15) is 13.2 Å². The molecule has 1 fully saturated rings. The molecule has 0 bridgehead atoms. The van der Waals surface area contributed by atoms with E-state index in [1.165, 1.54) is 10.4 Å². The van der Waals surface area contributed by atoms with Gasteiger partial charge >= 0.3 is 6.18 Å². The third kappa shape index (κ3) is 3.08. The maximum atomic E-state index is 13.4. The Morgan fingerprint density at radius 2 is 1.86 bits per heavy atom. The van der Waals surface area contributed by atoms with Crippen molar-refractivity contribution in [3.63, 3.8) is 0 Å².